The minimum atomic E-state index is -4.17. The first-order valence-electron chi connectivity index (χ1n) is 15.3. The second-order valence-electron chi connectivity index (χ2n) is 13.1. The standard InChI is InChI=1S/C34H38N6O5S/c1-21-8-6-9-22(2)31(21)28-15-30-38-33(37-28)39-46(42,43)27-11-7-10-23(14-27)32(41)40(24(20-44-30)16-34(3,4)5)19-29-35-17-26(18-36-29)45-25-12-13-25/h6-11,14-15,17-18,24-25H,12-13,16,19-20H2,1-5H3,(H,37,38,39)/t24-/m1/s1. The molecule has 0 unspecified atom stereocenters. The van der Waals surface area contributed by atoms with Crippen molar-refractivity contribution >= 4 is 21.9 Å². The van der Waals surface area contributed by atoms with Crippen LogP contribution in [-0.2, 0) is 16.6 Å². The molecule has 0 saturated heterocycles. The molecule has 1 aliphatic heterocycles. The van der Waals surface area contributed by atoms with E-state index in [-0.39, 0.29) is 52.9 Å². The fourth-order valence-electron chi connectivity index (χ4n) is 5.56. The number of nitrogens with zero attached hydrogens (tertiary/aromatic N) is 5. The van der Waals surface area contributed by atoms with Crippen molar-refractivity contribution < 1.29 is 22.7 Å². The number of benzene rings is 2. The second kappa shape index (κ2) is 12.3. The molecule has 1 aliphatic carbocycles. The number of amides is 1. The molecule has 240 valence electrons. The van der Waals surface area contributed by atoms with E-state index in [4.69, 9.17) is 9.47 Å². The molecule has 1 atom stereocenters. The molecule has 0 spiro atoms. The number of hydrogen-bond donors (Lipinski definition) is 1. The van der Waals surface area contributed by atoms with Crippen LogP contribution >= 0.6 is 0 Å². The Morgan fingerprint density at radius 2 is 1.70 bits per heavy atom. The molecule has 1 amide bonds. The summed E-state index contributed by atoms with van der Waals surface area (Å²) in [5.74, 6) is 0.691. The van der Waals surface area contributed by atoms with Gasteiger partial charge in [-0.3, -0.25) is 4.79 Å². The van der Waals surface area contributed by atoms with Crippen LogP contribution in [0, 0.1) is 19.3 Å². The monoisotopic (exact) mass is 642 g/mol. The highest BCUT2D eigenvalue weighted by atomic mass is 32.2. The quantitative estimate of drug-likeness (QED) is 0.280. The molecule has 4 aromatic rings. The van der Waals surface area contributed by atoms with E-state index in [0.29, 0.717) is 23.7 Å². The van der Waals surface area contributed by atoms with Crippen LogP contribution in [0.15, 0.2) is 65.8 Å². The van der Waals surface area contributed by atoms with Crippen molar-refractivity contribution in [3.8, 4) is 22.9 Å². The third-order valence-corrected chi connectivity index (χ3v) is 9.18. The Bertz CT molecular complexity index is 1850. The molecular weight excluding hydrogens is 604 g/mol. The van der Waals surface area contributed by atoms with Crippen molar-refractivity contribution in [1.82, 2.24) is 24.8 Å². The fourth-order valence-corrected chi connectivity index (χ4v) is 6.55. The lowest BCUT2D eigenvalue weighted by molar-refractivity contribution is 0.0505. The highest BCUT2D eigenvalue weighted by Crippen LogP contribution is 2.32. The van der Waals surface area contributed by atoms with Gasteiger partial charge < -0.3 is 14.4 Å². The average molecular weight is 643 g/mol. The molecule has 46 heavy (non-hydrogen) atoms. The van der Waals surface area contributed by atoms with Gasteiger partial charge in [0.05, 0.1) is 41.7 Å². The summed E-state index contributed by atoms with van der Waals surface area (Å²) in [4.78, 5) is 33.9. The van der Waals surface area contributed by atoms with Gasteiger partial charge >= 0.3 is 0 Å². The Balaban J connectivity index is 1.45. The summed E-state index contributed by atoms with van der Waals surface area (Å²) in [6, 6.07) is 13.1. The number of carbonyl (C=O) groups excluding carboxylic acids is 1. The number of nitrogens with one attached hydrogen (secondary N) is 1. The smallest absolute Gasteiger partial charge is 0.264 e. The zero-order chi connectivity index (χ0) is 32.6. The zero-order valence-corrected chi connectivity index (χ0v) is 27.5. The van der Waals surface area contributed by atoms with Crippen molar-refractivity contribution in [3.63, 3.8) is 0 Å². The predicted octanol–water partition coefficient (Wildman–Crippen LogP) is 5.73. The molecule has 3 heterocycles. The summed E-state index contributed by atoms with van der Waals surface area (Å²) in [5.41, 5.74) is 3.33. The van der Waals surface area contributed by atoms with Gasteiger partial charge in [0.1, 0.15) is 12.4 Å². The van der Waals surface area contributed by atoms with Crippen LogP contribution in [-0.4, -0.2) is 57.9 Å². The van der Waals surface area contributed by atoms with Crippen LogP contribution in [0.25, 0.3) is 11.3 Å². The molecule has 2 aromatic heterocycles. The highest BCUT2D eigenvalue weighted by molar-refractivity contribution is 7.92. The lowest BCUT2D eigenvalue weighted by Crippen LogP contribution is -2.45. The van der Waals surface area contributed by atoms with E-state index in [1.807, 2.05) is 32.0 Å². The number of ether oxygens (including phenoxy) is 2. The Hall–Kier alpha value is -4.58. The topological polar surface area (TPSA) is 136 Å². The number of rotatable bonds is 6. The second-order valence-corrected chi connectivity index (χ2v) is 14.8. The number of hydrogen-bond acceptors (Lipinski definition) is 9. The summed E-state index contributed by atoms with van der Waals surface area (Å²) in [6.45, 7) is 10.4. The number of aromatic nitrogens is 4. The molecule has 1 saturated carbocycles. The lowest BCUT2D eigenvalue weighted by atomic mass is 9.87. The molecule has 2 aromatic carbocycles. The van der Waals surface area contributed by atoms with Gasteiger partial charge in [-0.15, -0.1) is 0 Å². The zero-order valence-electron chi connectivity index (χ0n) is 26.6. The first-order chi connectivity index (χ1) is 21.8. The van der Waals surface area contributed by atoms with Crippen molar-refractivity contribution in [2.45, 2.75) is 77.5 Å². The highest BCUT2D eigenvalue weighted by Gasteiger charge is 2.32. The third kappa shape index (κ3) is 7.28. The van der Waals surface area contributed by atoms with Gasteiger partial charge in [-0.1, -0.05) is 45.0 Å². The number of sulfonamides is 1. The van der Waals surface area contributed by atoms with Crippen LogP contribution in [0.1, 0.15) is 67.3 Å². The average Bonchev–Trinajstić information content (AvgIpc) is 3.81. The molecule has 1 fully saturated rings. The van der Waals surface area contributed by atoms with Gasteiger partial charge in [0.25, 0.3) is 15.9 Å². The summed E-state index contributed by atoms with van der Waals surface area (Å²) in [6.07, 6.45) is 6.05. The Morgan fingerprint density at radius 1 is 1.00 bits per heavy atom. The van der Waals surface area contributed by atoms with E-state index < -0.39 is 16.1 Å². The molecule has 4 bridgehead atoms. The van der Waals surface area contributed by atoms with Gasteiger partial charge in [0.2, 0.25) is 11.8 Å². The maximum atomic E-state index is 14.3. The van der Waals surface area contributed by atoms with Gasteiger partial charge in [-0.25, -0.2) is 28.1 Å². The summed E-state index contributed by atoms with van der Waals surface area (Å²) >= 11 is 0. The number of anilines is 1. The van der Waals surface area contributed by atoms with Gasteiger partial charge in [0.15, 0.2) is 5.75 Å². The maximum Gasteiger partial charge on any atom is 0.264 e. The van der Waals surface area contributed by atoms with Crippen LogP contribution in [0.2, 0.25) is 0 Å². The van der Waals surface area contributed by atoms with E-state index >= 15 is 0 Å². The first-order valence-corrected chi connectivity index (χ1v) is 16.8. The van der Waals surface area contributed by atoms with Crippen molar-refractivity contribution in [3.05, 3.63) is 83.4 Å². The molecule has 1 N–H and O–H groups in total. The van der Waals surface area contributed by atoms with E-state index in [0.717, 1.165) is 29.5 Å². The van der Waals surface area contributed by atoms with E-state index in [1.54, 1.807) is 35.5 Å². The minimum absolute atomic E-state index is 0.0740. The molecular formula is C34H38N6O5S. The molecule has 2 aliphatic rings. The maximum absolute atomic E-state index is 14.3. The fraction of sp³-hybridized carbons (Fsp3) is 0.382. The van der Waals surface area contributed by atoms with E-state index in [1.165, 1.54) is 12.1 Å². The summed E-state index contributed by atoms with van der Waals surface area (Å²) < 4.78 is 41.9. The summed E-state index contributed by atoms with van der Waals surface area (Å²) in [7, 11) is -4.17. The minimum Gasteiger partial charge on any atom is -0.487 e. The predicted molar refractivity (Wildman–Crippen MR) is 173 cm³/mol. The van der Waals surface area contributed by atoms with Gasteiger partial charge in [0, 0.05) is 17.2 Å². The Kier molecular flexibility index (Phi) is 8.41. The first kappa shape index (κ1) is 31.4. The number of aryl methyl sites for hydroxylation is 2. The number of carbonyl (C=O) groups is 1. The van der Waals surface area contributed by atoms with Crippen molar-refractivity contribution in [2.24, 2.45) is 5.41 Å². The summed E-state index contributed by atoms with van der Waals surface area (Å²) in [5, 5.41) is 0. The molecule has 0 radical (unpaired) electrons. The molecule has 11 nitrogen and oxygen atoms in total. The third-order valence-electron chi connectivity index (χ3n) is 7.85. The van der Waals surface area contributed by atoms with Crippen LogP contribution in [0.5, 0.6) is 11.6 Å². The SMILES string of the molecule is Cc1cccc(C)c1-c1cc2nc(n1)NS(=O)(=O)c1cccc(c1)C(=O)N(Cc1ncc(OC3CC3)cn1)[C@H](CC(C)(C)C)CO2. The lowest BCUT2D eigenvalue weighted by Gasteiger charge is -2.35. The van der Waals surface area contributed by atoms with E-state index in [9.17, 15) is 13.2 Å². The van der Waals surface area contributed by atoms with Crippen LogP contribution in [0.3, 0.4) is 0 Å². The normalized spacial score (nSPS) is 18.0. The van der Waals surface area contributed by atoms with Crippen LogP contribution < -0.4 is 14.2 Å². The van der Waals surface area contributed by atoms with Gasteiger partial charge in [-0.2, -0.15) is 4.98 Å². The van der Waals surface area contributed by atoms with Crippen LogP contribution in [0.4, 0.5) is 5.95 Å². The largest absolute Gasteiger partial charge is 0.487 e. The van der Waals surface area contributed by atoms with Gasteiger partial charge in [-0.05, 0) is 67.9 Å². The molecule has 12 heteroatoms. The van der Waals surface area contributed by atoms with Crippen molar-refractivity contribution in [2.75, 3.05) is 11.3 Å². The van der Waals surface area contributed by atoms with Crippen molar-refractivity contribution in [1.29, 1.82) is 0 Å². The molecule has 6 rings (SSSR count). The number of fused-ring (bicyclic) bond motifs is 4. The Labute approximate surface area is 269 Å². The Morgan fingerprint density at radius 3 is 2.37 bits per heavy atom. The van der Waals surface area contributed by atoms with E-state index in [2.05, 4.69) is 45.4 Å².